The number of likely N-dealkylation sites (tertiary alicyclic amines) is 1. The highest BCUT2D eigenvalue weighted by Crippen LogP contribution is 2.59. The average Bonchev–Trinajstić information content (AvgIpc) is 3.68. The summed E-state index contributed by atoms with van der Waals surface area (Å²) in [7, 11) is 0. The van der Waals surface area contributed by atoms with Gasteiger partial charge in [0.25, 0.3) is 0 Å². The Bertz CT molecular complexity index is 1470. The molecule has 13 heteroatoms. The Balaban J connectivity index is 1.43. The highest BCUT2D eigenvalue weighted by atomic mass is 79.9. The topological polar surface area (TPSA) is 138 Å². The van der Waals surface area contributed by atoms with E-state index in [1.807, 2.05) is 56.3 Å². The van der Waals surface area contributed by atoms with E-state index in [4.69, 9.17) is 14.2 Å². The summed E-state index contributed by atoms with van der Waals surface area (Å²) in [5.74, 6) is -3.90. The molecule has 0 aliphatic carbocycles. The summed E-state index contributed by atoms with van der Waals surface area (Å²) in [5, 5.41) is 13.6. The SMILES string of the molecule is CC(C)[C@H](CO)N1C(=O)[C@H]2[C@@H]3C(=O)O[C@H](c4ccccc4)[C@@H](C)NC(=O)CC/C=C\CN(CCN4CCOCC4)C(=O)[C@H]1[C@@]21C=C(Br)[C@@H]3O1. The molecule has 8 atom stereocenters. The van der Waals surface area contributed by atoms with E-state index in [0.29, 0.717) is 42.8 Å². The maximum atomic E-state index is 15.0. The Kier molecular flexibility index (Phi) is 10.9. The van der Waals surface area contributed by atoms with Gasteiger partial charge in [0, 0.05) is 43.6 Å². The number of nitrogens with one attached hydrogen (secondary N) is 1. The van der Waals surface area contributed by atoms with Crippen LogP contribution >= 0.6 is 15.9 Å². The van der Waals surface area contributed by atoms with Crippen molar-refractivity contribution in [3.05, 3.63) is 58.6 Å². The van der Waals surface area contributed by atoms with Gasteiger partial charge < -0.3 is 34.4 Å². The summed E-state index contributed by atoms with van der Waals surface area (Å²) >= 11 is 3.62. The van der Waals surface area contributed by atoms with Crippen molar-refractivity contribution in [2.75, 3.05) is 52.5 Å². The molecule has 5 aliphatic heterocycles. The van der Waals surface area contributed by atoms with Gasteiger partial charge >= 0.3 is 5.97 Å². The maximum Gasteiger partial charge on any atom is 0.313 e. The predicted octanol–water partition coefficient (Wildman–Crippen LogP) is 2.18. The Hall–Kier alpha value is -3.10. The molecule has 5 heterocycles. The number of carbonyl (C=O) groups is 4. The second-order valence-corrected chi connectivity index (χ2v) is 14.9. The molecule has 0 saturated carbocycles. The summed E-state index contributed by atoms with van der Waals surface area (Å²) < 4.78 is 19.0. The second-order valence-electron chi connectivity index (χ2n) is 13.9. The molecule has 0 unspecified atom stereocenters. The monoisotopic (exact) mass is 742 g/mol. The summed E-state index contributed by atoms with van der Waals surface area (Å²) in [5.41, 5.74) is -0.765. The lowest BCUT2D eigenvalue weighted by Gasteiger charge is -2.40. The number of aliphatic hydroxyl groups excluding tert-OH is 1. The molecule has 3 saturated heterocycles. The van der Waals surface area contributed by atoms with Crippen molar-refractivity contribution in [2.45, 2.75) is 69.5 Å². The van der Waals surface area contributed by atoms with Gasteiger partial charge in [-0.3, -0.25) is 24.1 Å². The van der Waals surface area contributed by atoms with Crippen molar-refractivity contribution < 1.29 is 38.5 Å². The van der Waals surface area contributed by atoms with E-state index in [2.05, 4.69) is 26.1 Å². The van der Waals surface area contributed by atoms with E-state index in [-0.39, 0.29) is 37.3 Å². The van der Waals surface area contributed by atoms with Gasteiger partial charge in [0.2, 0.25) is 17.7 Å². The summed E-state index contributed by atoms with van der Waals surface area (Å²) in [4.78, 5) is 62.6. The van der Waals surface area contributed by atoms with E-state index in [0.717, 1.165) is 13.1 Å². The van der Waals surface area contributed by atoms with Crippen molar-refractivity contribution in [3.8, 4) is 0 Å². The smallest absolute Gasteiger partial charge is 0.313 e. The van der Waals surface area contributed by atoms with E-state index in [1.165, 1.54) is 4.90 Å². The van der Waals surface area contributed by atoms with E-state index < -0.39 is 59.6 Å². The number of cyclic esters (lactones) is 1. The standard InChI is InChI=1S/C36H47BrN4O8/c1-22(2)26(21-42)41-32-34(45)40(15-14-39-16-18-47-19-17-39)13-9-5-8-12-27(43)38-23(3)30(24-10-6-4-7-11-24)48-35(46)28-29(33(41)44)36(32)20-25(37)31(28)49-36/h4-7,9-11,20,22-23,26,28-32,42H,8,12-19,21H2,1-3H3,(H,38,43)/b9-5-/t23-,26+,28+,29-,30+,31+,32+,36-/m1/s1. The number of ether oxygens (including phenoxy) is 3. The molecule has 3 fully saturated rings. The molecular weight excluding hydrogens is 696 g/mol. The maximum absolute atomic E-state index is 15.0. The molecule has 3 amide bonds. The number of rotatable bonds is 7. The molecule has 12 nitrogen and oxygen atoms in total. The van der Waals surface area contributed by atoms with Crippen LogP contribution in [0.4, 0.5) is 0 Å². The first-order valence-corrected chi connectivity index (χ1v) is 18.1. The number of allylic oxidation sites excluding steroid dienone is 1. The van der Waals surface area contributed by atoms with Crippen LogP contribution in [0.1, 0.15) is 45.3 Å². The van der Waals surface area contributed by atoms with Gasteiger partial charge in [-0.15, -0.1) is 0 Å². The zero-order valence-corrected chi connectivity index (χ0v) is 29.9. The highest BCUT2D eigenvalue weighted by molar-refractivity contribution is 9.11. The minimum absolute atomic E-state index is 0.194. The van der Waals surface area contributed by atoms with Crippen LogP contribution in [0.25, 0.3) is 0 Å². The van der Waals surface area contributed by atoms with Crippen LogP contribution in [0, 0.1) is 17.8 Å². The average molecular weight is 744 g/mol. The summed E-state index contributed by atoms with van der Waals surface area (Å²) in [6, 6.07) is 6.79. The number of aliphatic hydroxyl groups is 1. The van der Waals surface area contributed by atoms with Gasteiger partial charge in [-0.2, -0.15) is 0 Å². The fourth-order valence-corrected chi connectivity index (χ4v) is 8.71. The number of morpholine rings is 1. The van der Waals surface area contributed by atoms with Gasteiger partial charge in [-0.1, -0.05) is 72.3 Å². The molecule has 1 aromatic carbocycles. The fourth-order valence-electron chi connectivity index (χ4n) is 7.98. The van der Waals surface area contributed by atoms with Crippen LogP contribution in [0.2, 0.25) is 0 Å². The molecule has 49 heavy (non-hydrogen) atoms. The molecular formula is C36H47BrN4O8. The minimum atomic E-state index is -1.46. The molecule has 2 N–H and O–H groups in total. The summed E-state index contributed by atoms with van der Waals surface area (Å²) in [6.07, 6.45) is 4.53. The predicted molar refractivity (Wildman–Crippen MR) is 183 cm³/mol. The molecule has 1 spiro atoms. The molecule has 0 radical (unpaired) electrons. The number of carbonyl (C=O) groups excluding carboxylic acids is 4. The third kappa shape index (κ3) is 6.84. The van der Waals surface area contributed by atoms with E-state index in [1.54, 1.807) is 17.9 Å². The normalized spacial score (nSPS) is 34.1. The number of halogens is 1. The molecule has 1 aromatic rings. The fraction of sp³-hybridized carbons (Fsp3) is 0.611. The van der Waals surface area contributed by atoms with Crippen LogP contribution in [0.15, 0.2) is 53.0 Å². The van der Waals surface area contributed by atoms with Crippen molar-refractivity contribution in [1.82, 2.24) is 20.0 Å². The molecule has 5 bridgehead atoms. The first-order valence-electron chi connectivity index (χ1n) is 17.3. The van der Waals surface area contributed by atoms with Gasteiger partial charge in [0.15, 0.2) is 0 Å². The van der Waals surface area contributed by atoms with Crippen LogP contribution in [0.3, 0.4) is 0 Å². The van der Waals surface area contributed by atoms with Crippen LogP contribution in [0.5, 0.6) is 0 Å². The summed E-state index contributed by atoms with van der Waals surface area (Å²) in [6.45, 7) is 9.20. The van der Waals surface area contributed by atoms with Gasteiger partial charge in [-0.05, 0) is 30.9 Å². The zero-order valence-electron chi connectivity index (χ0n) is 28.3. The van der Waals surface area contributed by atoms with Crippen molar-refractivity contribution in [1.29, 1.82) is 0 Å². The van der Waals surface area contributed by atoms with Gasteiger partial charge in [-0.25, -0.2) is 0 Å². The van der Waals surface area contributed by atoms with Gasteiger partial charge in [0.1, 0.15) is 29.8 Å². The second kappa shape index (κ2) is 15.0. The van der Waals surface area contributed by atoms with E-state index in [9.17, 15) is 24.3 Å². The highest BCUT2D eigenvalue weighted by Gasteiger charge is 2.75. The lowest BCUT2D eigenvalue weighted by molar-refractivity contribution is -0.162. The van der Waals surface area contributed by atoms with Crippen LogP contribution in [-0.2, 0) is 33.4 Å². The Labute approximate surface area is 295 Å². The largest absolute Gasteiger partial charge is 0.455 e. The molecule has 6 rings (SSSR count). The van der Waals surface area contributed by atoms with Crippen molar-refractivity contribution >= 4 is 39.6 Å². The first kappa shape index (κ1) is 35.7. The first-order chi connectivity index (χ1) is 23.6. The number of fused-ring (bicyclic) bond motifs is 2. The number of hydrogen-bond acceptors (Lipinski definition) is 9. The third-order valence-electron chi connectivity index (χ3n) is 10.5. The third-order valence-corrected chi connectivity index (χ3v) is 11.2. The van der Waals surface area contributed by atoms with E-state index >= 15 is 0 Å². The number of benzene rings is 1. The number of amides is 3. The Morgan fingerprint density at radius 2 is 1.76 bits per heavy atom. The molecule has 266 valence electrons. The Morgan fingerprint density at radius 1 is 1.02 bits per heavy atom. The lowest BCUT2D eigenvalue weighted by atomic mass is 9.74. The van der Waals surface area contributed by atoms with Crippen LogP contribution in [-0.4, -0.2) is 126 Å². The lowest BCUT2D eigenvalue weighted by Crippen LogP contribution is -2.60. The van der Waals surface area contributed by atoms with Gasteiger partial charge in [0.05, 0.1) is 37.8 Å². The molecule has 0 aromatic heterocycles. The van der Waals surface area contributed by atoms with Crippen molar-refractivity contribution in [3.63, 3.8) is 0 Å². The number of hydrogen-bond donors (Lipinski definition) is 2. The number of nitrogens with zero attached hydrogens (tertiary/aromatic N) is 3. The number of esters is 1. The minimum Gasteiger partial charge on any atom is -0.455 e. The Morgan fingerprint density at radius 3 is 2.45 bits per heavy atom. The zero-order chi connectivity index (χ0) is 34.9. The molecule has 5 aliphatic rings. The van der Waals surface area contributed by atoms with Crippen LogP contribution < -0.4 is 5.32 Å². The quantitative estimate of drug-likeness (QED) is 0.318. The van der Waals surface area contributed by atoms with Crippen molar-refractivity contribution in [2.24, 2.45) is 17.8 Å².